The predicted octanol–water partition coefficient (Wildman–Crippen LogP) is 3.73. The van der Waals surface area contributed by atoms with E-state index in [1.807, 2.05) is 17.5 Å². The Morgan fingerprint density at radius 2 is 2.19 bits per heavy atom. The SMILES string of the molecule is O=C(CSc1n[nH]c(Cc2cccs2)n1)N(Cc1ccco1)CC(F)(F)F. The number of thiophene rings is 1. The Balaban J connectivity index is 1.57. The normalized spacial score (nSPS) is 11.7. The lowest BCUT2D eigenvalue weighted by molar-refractivity contribution is -0.161. The van der Waals surface area contributed by atoms with E-state index in [1.54, 1.807) is 17.4 Å². The smallest absolute Gasteiger partial charge is 0.406 e. The molecule has 144 valence electrons. The van der Waals surface area contributed by atoms with Crippen LogP contribution < -0.4 is 0 Å². The minimum Gasteiger partial charge on any atom is -0.467 e. The molecule has 0 fully saturated rings. The first-order chi connectivity index (χ1) is 12.9. The van der Waals surface area contributed by atoms with Gasteiger partial charge in [0.15, 0.2) is 0 Å². The van der Waals surface area contributed by atoms with Crippen molar-refractivity contribution in [3.8, 4) is 0 Å². The third kappa shape index (κ3) is 6.14. The Hall–Kier alpha value is -2.27. The van der Waals surface area contributed by atoms with E-state index in [1.165, 1.54) is 12.3 Å². The van der Waals surface area contributed by atoms with Gasteiger partial charge in [-0.3, -0.25) is 9.89 Å². The van der Waals surface area contributed by atoms with Crippen LogP contribution in [0, 0.1) is 0 Å². The molecule has 6 nitrogen and oxygen atoms in total. The lowest BCUT2D eigenvalue weighted by Gasteiger charge is -2.22. The first kappa shape index (κ1) is 19.5. The van der Waals surface area contributed by atoms with Gasteiger partial charge in [0.25, 0.3) is 0 Å². The summed E-state index contributed by atoms with van der Waals surface area (Å²) < 4.78 is 43.4. The topological polar surface area (TPSA) is 75.0 Å². The molecule has 0 aliphatic rings. The van der Waals surface area contributed by atoms with Crippen LogP contribution in [0.2, 0.25) is 0 Å². The van der Waals surface area contributed by atoms with Crippen LogP contribution in [-0.4, -0.2) is 44.5 Å². The van der Waals surface area contributed by atoms with Crippen LogP contribution in [0.3, 0.4) is 0 Å². The highest BCUT2D eigenvalue weighted by Crippen LogP contribution is 2.21. The lowest BCUT2D eigenvalue weighted by atomic mass is 10.3. The molecule has 11 heteroatoms. The molecule has 27 heavy (non-hydrogen) atoms. The van der Waals surface area contributed by atoms with E-state index in [0.29, 0.717) is 22.3 Å². The number of nitrogens with one attached hydrogen (secondary N) is 1. The van der Waals surface area contributed by atoms with E-state index in [2.05, 4.69) is 15.2 Å². The number of carbonyl (C=O) groups excluding carboxylic acids is 1. The average molecular weight is 416 g/mol. The summed E-state index contributed by atoms with van der Waals surface area (Å²) in [5, 5.41) is 9.05. The molecule has 3 aromatic rings. The summed E-state index contributed by atoms with van der Waals surface area (Å²) in [7, 11) is 0. The van der Waals surface area contributed by atoms with E-state index >= 15 is 0 Å². The van der Waals surface area contributed by atoms with Crippen molar-refractivity contribution in [2.45, 2.75) is 24.3 Å². The number of aromatic amines is 1. The molecule has 1 N–H and O–H groups in total. The third-order valence-corrected chi connectivity index (χ3v) is 5.12. The van der Waals surface area contributed by atoms with Crippen molar-refractivity contribution in [1.29, 1.82) is 0 Å². The minimum absolute atomic E-state index is 0.201. The molecule has 0 bridgehead atoms. The van der Waals surface area contributed by atoms with Crippen LogP contribution in [0.1, 0.15) is 16.5 Å². The van der Waals surface area contributed by atoms with Crippen LogP contribution >= 0.6 is 23.1 Å². The highest BCUT2D eigenvalue weighted by molar-refractivity contribution is 7.99. The van der Waals surface area contributed by atoms with Crippen LogP contribution in [-0.2, 0) is 17.8 Å². The minimum atomic E-state index is -4.49. The number of aromatic nitrogens is 3. The zero-order chi connectivity index (χ0) is 19.3. The summed E-state index contributed by atoms with van der Waals surface area (Å²) >= 11 is 2.57. The second kappa shape index (κ2) is 8.61. The number of amides is 1. The van der Waals surface area contributed by atoms with Crippen LogP contribution in [0.25, 0.3) is 0 Å². The largest absolute Gasteiger partial charge is 0.467 e. The van der Waals surface area contributed by atoms with Gasteiger partial charge in [-0.05, 0) is 23.6 Å². The molecule has 3 heterocycles. The lowest BCUT2D eigenvalue weighted by Crippen LogP contribution is -2.39. The maximum absolute atomic E-state index is 12.8. The van der Waals surface area contributed by atoms with Crippen LogP contribution in [0.4, 0.5) is 13.2 Å². The molecule has 0 aliphatic heterocycles. The fourth-order valence-electron chi connectivity index (χ4n) is 2.26. The summed E-state index contributed by atoms with van der Waals surface area (Å²) in [6.45, 7) is -1.59. The maximum Gasteiger partial charge on any atom is 0.406 e. The third-order valence-electron chi connectivity index (χ3n) is 3.41. The van der Waals surface area contributed by atoms with Crippen LogP contribution in [0.15, 0.2) is 45.5 Å². The average Bonchev–Trinajstić information content (AvgIpc) is 3.34. The maximum atomic E-state index is 12.8. The molecule has 0 spiro atoms. The molecule has 3 aromatic heterocycles. The number of thioether (sulfide) groups is 1. The van der Waals surface area contributed by atoms with Crippen molar-refractivity contribution in [3.05, 3.63) is 52.4 Å². The number of H-pyrrole nitrogens is 1. The first-order valence-electron chi connectivity index (χ1n) is 7.82. The molecule has 0 atom stereocenters. The molecule has 3 rings (SSSR count). The zero-order valence-electron chi connectivity index (χ0n) is 13.9. The van der Waals surface area contributed by atoms with Crippen molar-refractivity contribution in [2.75, 3.05) is 12.3 Å². The predicted molar refractivity (Wildman–Crippen MR) is 94.4 cm³/mol. The number of nitrogens with zero attached hydrogens (tertiary/aromatic N) is 3. The highest BCUT2D eigenvalue weighted by atomic mass is 32.2. The van der Waals surface area contributed by atoms with E-state index in [9.17, 15) is 18.0 Å². The van der Waals surface area contributed by atoms with Gasteiger partial charge in [-0.1, -0.05) is 17.8 Å². The Kier molecular flexibility index (Phi) is 6.22. The monoisotopic (exact) mass is 416 g/mol. The molecular formula is C16H15F3N4O2S2. The van der Waals surface area contributed by atoms with E-state index in [0.717, 1.165) is 16.6 Å². The second-order valence-electron chi connectivity index (χ2n) is 5.55. The van der Waals surface area contributed by atoms with E-state index in [4.69, 9.17) is 4.42 Å². The molecule has 0 aromatic carbocycles. The number of halogens is 3. The highest BCUT2D eigenvalue weighted by Gasteiger charge is 2.33. The van der Waals surface area contributed by atoms with Crippen molar-refractivity contribution < 1.29 is 22.4 Å². The van der Waals surface area contributed by atoms with Gasteiger partial charge >= 0.3 is 6.18 Å². The van der Waals surface area contributed by atoms with Gasteiger partial charge in [-0.25, -0.2) is 4.98 Å². The van der Waals surface area contributed by atoms with Gasteiger partial charge in [0, 0.05) is 11.3 Å². The fraction of sp³-hybridized carbons (Fsp3) is 0.312. The van der Waals surface area contributed by atoms with Gasteiger partial charge in [0.05, 0.1) is 18.6 Å². The van der Waals surface area contributed by atoms with Gasteiger partial charge in [-0.2, -0.15) is 13.2 Å². The molecule has 0 saturated heterocycles. The van der Waals surface area contributed by atoms with Gasteiger partial charge in [-0.15, -0.1) is 16.4 Å². The molecule has 0 aliphatic carbocycles. The molecule has 0 unspecified atom stereocenters. The van der Waals surface area contributed by atoms with Crippen molar-refractivity contribution in [3.63, 3.8) is 0 Å². The van der Waals surface area contributed by atoms with Crippen molar-refractivity contribution >= 4 is 29.0 Å². The molecule has 0 saturated carbocycles. The number of hydrogen-bond acceptors (Lipinski definition) is 6. The van der Waals surface area contributed by atoms with Gasteiger partial charge < -0.3 is 9.32 Å². The molecular weight excluding hydrogens is 401 g/mol. The van der Waals surface area contributed by atoms with Gasteiger partial charge in [0.1, 0.15) is 18.1 Å². The Labute approximate surface area is 160 Å². The Morgan fingerprint density at radius 3 is 2.85 bits per heavy atom. The zero-order valence-corrected chi connectivity index (χ0v) is 15.5. The molecule has 0 radical (unpaired) electrons. The number of hydrogen-bond donors (Lipinski definition) is 1. The quantitative estimate of drug-likeness (QED) is 0.567. The number of furan rings is 1. The van der Waals surface area contributed by atoms with Crippen molar-refractivity contribution in [1.82, 2.24) is 20.1 Å². The fourth-order valence-corrected chi connectivity index (χ4v) is 3.69. The van der Waals surface area contributed by atoms with Gasteiger partial charge in [0.2, 0.25) is 11.1 Å². The number of rotatable bonds is 8. The van der Waals surface area contributed by atoms with Crippen LogP contribution in [0.5, 0.6) is 0 Å². The first-order valence-corrected chi connectivity index (χ1v) is 9.69. The summed E-state index contributed by atoms with van der Waals surface area (Å²) in [4.78, 5) is 18.4. The Morgan fingerprint density at radius 1 is 1.33 bits per heavy atom. The van der Waals surface area contributed by atoms with E-state index in [-0.39, 0.29) is 18.1 Å². The summed E-state index contributed by atoms with van der Waals surface area (Å²) in [6.07, 6.45) is -2.56. The Bertz CT molecular complexity index is 848. The summed E-state index contributed by atoms with van der Waals surface area (Å²) in [5.74, 6) is 0.0507. The summed E-state index contributed by atoms with van der Waals surface area (Å²) in [6, 6.07) is 6.98. The molecule has 1 amide bonds. The standard InChI is InChI=1S/C16H15F3N4O2S2/c17-16(18,19)10-23(8-11-3-1-5-25-11)14(24)9-27-15-20-13(21-22-15)7-12-4-2-6-26-12/h1-6H,7-10H2,(H,20,21,22). The second-order valence-corrected chi connectivity index (χ2v) is 7.53. The summed E-state index contributed by atoms with van der Waals surface area (Å²) in [5.41, 5.74) is 0. The van der Waals surface area contributed by atoms with E-state index < -0.39 is 18.6 Å². The number of carbonyl (C=O) groups is 1. The van der Waals surface area contributed by atoms with Crippen molar-refractivity contribution in [2.24, 2.45) is 0 Å². The number of alkyl halides is 3.